The Morgan fingerprint density at radius 2 is 0.508 bits per heavy atom. The van der Waals surface area contributed by atoms with Crippen molar-refractivity contribution in [2.75, 3.05) is 13.2 Å². The van der Waals surface area contributed by atoms with E-state index in [2.05, 4.69) is 45.1 Å². The molecule has 0 aliphatic heterocycles. The average molecular weight is 916 g/mol. The molecule has 65 heavy (non-hydrogen) atoms. The topological polar surface area (TPSA) is 78.9 Å². The Morgan fingerprint density at radius 1 is 0.292 bits per heavy atom. The van der Waals surface area contributed by atoms with Gasteiger partial charge in [-0.05, 0) is 70.6 Å². The molecule has 0 spiro atoms. The van der Waals surface area contributed by atoms with Crippen LogP contribution in [0.1, 0.15) is 316 Å². The number of hydrogen-bond donors (Lipinski definition) is 0. The summed E-state index contributed by atoms with van der Waals surface area (Å²) in [5.74, 6) is -0.862. The van der Waals surface area contributed by atoms with Crippen molar-refractivity contribution in [2.24, 2.45) is 0 Å². The van der Waals surface area contributed by atoms with Crippen molar-refractivity contribution in [3.63, 3.8) is 0 Å². The number of rotatable bonds is 53. The second-order valence-electron chi connectivity index (χ2n) is 19.6. The molecule has 0 amide bonds. The second-order valence-corrected chi connectivity index (χ2v) is 19.6. The van der Waals surface area contributed by atoms with E-state index in [0.29, 0.717) is 19.3 Å². The molecule has 0 aliphatic carbocycles. The zero-order valence-corrected chi connectivity index (χ0v) is 43.8. The second kappa shape index (κ2) is 54.5. The van der Waals surface area contributed by atoms with Gasteiger partial charge in [0.25, 0.3) is 0 Å². The number of carbonyl (C=O) groups excluding carboxylic acids is 3. The van der Waals surface area contributed by atoms with Gasteiger partial charge in [0, 0.05) is 19.3 Å². The Kier molecular flexibility index (Phi) is 52.7. The van der Waals surface area contributed by atoms with Crippen molar-refractivity contribution in [3.05, 3.63) is 24.3 Å². The molecule has 382 valence electrons. The van der Waals surface area contributed by atoms with Gasteiger partial charge in [-0.15, -0.1) is 0 Å². The Labute approximate surface area is 404 Å². The predicted molar refractivity (Wildman–Crippen MR) is 279 cm³/mol. The van der Waals surface area contributed by atoms with Crippen molar-refractivity contribution in [1.29, 1.82) is 0 Å². The van der Waals surface area contributed by atoms with Crippen molar-refractivity contribution < 1.29 is 28.6 Å². The molecule has 0 rings (SSSR count). The predicted octanol–water partition coefficient (Wildman–Crippen LogP) is 19.1. The number of carbonyl (C=O) groups is 3. The lowest BCUT2D eigenvalue weighted by atomic mass is 10.0. The number of ether oxygens (including phenoxy) is 3. The molecule has 6 heteroatoms. The summed E-state index contributed by atoms with van der Waals surface area (Å²) in [5, 5.41) is 0. The largest absolute Gasteiger partial charge is 0.462 e. The Balaban J connectivity index is 4.25. The fourth-order valence-electron chi connectivity index (χ4n) is 8.55. The van der Waals surface area contributed by atoms with Gasteiger partial charge < -0.3 is 14.2 Å². The molecule has 0 aromatic carbocycles. The molecule has 0 fully saturated rings. The van der Waals surface area contributed by atoms with Crippen LogP contribution in [0.5, 0.6) is 0 Å². The summed E-state index contributed by atoms with van der Waals surface area (Å²) in [7, 11) is 0. The summed E-state index contributed by atoms with van der Waals surface area (Å²) < 4.78 is 16.8. The third kappa shape index (κ3) is 52.7. The third-order valence-corrected chi connectivity index (χ3v) is 12.9. The summed E-state index contributed by atoms with van der Waals surface area (Å²) in [6.07, 6.45) is 63.1. The van der Waals surface area contributed by atoms with E-state index >= 15 is 0 Å². The van der Waals surface area contributed by atoms with E-state index in [1.807, 2.05) is 0 Å². The fourth-order valence-corrected chi connectivity index (χ4v) is 8.55. The first kappa shape index (κ1) is 62.9. The molecule has 0 aromatic heterocycles. The summed E-state index contributed by atoms with van der Waals surface area (Å²) in [4.78, 5) is 38.1. The summed E-state index contributed by atoms with van der Waals surface area (Å²) in [6, 6.07) is 0. The van der Waals surface area contributed by atoms with Gasteiger partial charge >= 0.3 is 17.9 Å². The van der Waals surface area contributed by atoms with E-state index in [4.69, 9.17) is 14.2 Å². The van der Waals surface area contributed by atoms with E-state index in [1.54, 1.807) is 0 Å². The van der Waals surface area contributed by atoms with Gasteiger partial charge in [-0.25, -0.2) is 0 Å². The summed E-state index contributed by atoms with van der Waals surface area (Å²) >= 11 is 0. The van der Waals surface area contributed by atoms with Crippen LogP contribution in [0.2, 0.25) is 0 Å². The molecule has 0 radical (unpaired) electrons. The van der Waals surface area contributed by atoms with Crippen LogP contribution in [-0.2, 0) is 28.6 Å². The SMILES string of the molecule is CCCCCCCC/C=C\CCCCCCCCCCCCCC(=O)OC[C@H](COC(=O)CCCCCCC/C=C\CCCCCCCC)OC(=O)CCCCCCCCCCCCC. The minimum absolute atomic E-state index is 0.0700. The van der Waals surface area contributed by atoms with E-state index in [-0.39, 0.29) is 31.1 Å². The average Bonchev–Trinajstić information content (AvgIpc) is 3.30. The normalized spacial score (nSPS) is 12.1. The Morgan fingerprint density at radius 3 is 0.769 bits per heavy atom. The molecular formula is C59H110O6. The molecule has 0 heterocycles. The Bertz CT molecular complexity index is 1050. The maximum absolute atomic E-state index is 12.8. The lowest BCUT2D eigenvalue weighted by molar-refractivity contribution is -0.167. The smallest absolute Gasteiger partial charge is 0.306 e. The number of unbranched alkanes of at least 4 members (excludes halogenated alkanes) is 38. The van der Waals surface area contributed by atoms with E-state index in [1.165, 1.54) is 212 Å². The van der Waals surface area contributed by atoms with E-state index in [0.717, 1.165) is 64.2 Å². The molecule has 0 saturated heterocycles. The first-order valence-electron chi connectivity index (χ1n) is 28.8. The third-order valence-electron chi connectivity index (χ3n) is 12.9. The van der Waals surface area contributed by atoms with E-state index < -0.39 is 6.10 Å². The number of esters is 3. The van der Waals surface area contributed by atoms with Gasteiger partial charge in [0.05, 0.1) is 0 Å². The van der Waals surface area contributed by atoms with Gasteiger partial charge in [-0.2, -0.15) is 0 Å². The van der Waals surface area contributed by atoms with Crippen LogP contribution in [-0.4, -0.2) is 37.2 Å². The maximum Gasteiger partial charge on any atom is 0.306 e. The van der Waals surface area contributed by atoms with Gasteiger partial charge in [-0.1, -0.05) is 251 Å². The highest BCUT2D eigenvalue weighted by molar-refractivity contribution is 5.71. The molecule has 0 bridgehead atoms. The zero-order valence-electron chi connectivity index (χ0n) is 43.8. The molecule has 0 aromatic rings. The van der Waals surface area contributed by atoms with Crippen LogP contribution in [0.3, 0.4) is 0 Å². The van der Waals surface area contributed by atoms with Gasteiger partial charge in [0.15, 0.2) is 6.10 Å². The van der Waals surface area contributed by atoms with Gasteiger partial charge in [-0.3, -0.25) is 14.4 Å². The number of allylic oxidation sites excluding steroid dienone is 4. The molecule has 1 atom stereocenters. The first-order chi connectivity index (χ1) is 32.0. The summed E-state index contributed by atoms with van der Waals surface area (Å²) in [5.41, 5.74) is 0. The number of hydrogen-bond acceptors (Lipinski definition) is 6. The highest BCUT2D eigenvalue weighted by Crippen LogP contribution is 2.16. The molecule has 0 N–H and O–H groups in total. The lowest BCUT2D eigenvalue weighted by Crippen LogP contribution is -2.30. The molecule has 0 unspecified atom stereocenters. The van der Waals surface area contributed by atoms with Gasteiger partial charge in [0.2, 0.25) is 0 Å². The van der Waals surface area contributed by atoms with Crippen LogP contribution < -0.4 is 0 Å². The molecule has 0 aliphatic rings. The van der Waals surface area contributed by atoms with Gasteiger partial charge in [0.1, 0.15) is 13.2 Å². The molecule has 0 saturated carbocycles. The molecular weight excluding hydrogens is 805 g/mol. The van der Waals surface area contributed by atoms with Crippen LogP contribution >= 0.6 is 0 Å². The van der Waals surface area contributed by atoms with Crippen molar-refractivity contribution in [1.82, 2.24) is 0 Å². The summed E-state index contributed by atoms with van der Waals surface area (Å²) in [6.45, 7) is 6.66. The maximum atomic E-state index is 12.8. The Hall–Kier alpha value is -2.11. The van der Waals surface area contributed by atoms with Crippen LogP contribution in [0.4, 0.5) is 0 Å². The quantitative estimate of drug-likeness (QED) is 0.0262. The van der Waals surface area contributed by atoms with Crippen molar-refractivity contribution in [2.45, 2.75) is 322 Å². The highest BCUT2D eigenvalue weighted by atomic mass is 16.6. The fraction of sp³-hybridized carbons (Fsp3) is 0.881. The lowest BCUT2D eigenvalue weighted by Gasteiger charge is -2.18. The van der Waals surface area contributed by atoms with E-state index in [9.17, 15) is 14.4 Å². The van der Waals surface area contributed by atoms with Crippen LogP contribution in [0.25, 0.3) is 0 Å². The minimum atomic E-state index is -0.770. The van der Waals surface area contributed by atoms with Crippen LogP contribution in [0.15, 0.2) is 24.3 Å². The van der Waals surface area contributed by atoms with Crippen molar-refractivity contribution >= 4 is 17.9 Å². The van der Waals surface area contributed by atoms with Crippen LogP contribution in [0, 0.1) is 0 Å². The first-order valence-corrected chi connectivity index (χ1v) is 28.8. The standard InChI is InChI=1S/C59H110O6/c1-4-7-10-13-16-19-22-24-26-27-28-29-30-31-33-35-38-40-43-46-49-52-58(61)64-55-56(65-59(62)53-50-47-44-41-36-21-18-15-12-9-6-3)54-63-57(60)51-48-45-42-39-37-34-32-25-23-20-17-14-11-8-5-2/h24-26,32,56H,4-23,27-31,33-55H2,1-3H3/b26-24-,32-25-/t56-/m0/s1. The monoisotopic (exact) mass is 915 g/mol. The molecule has 6 nitrogen and oxygen atoms in total. The van der Waals surface area contributed by atoms with Crippen molar-refractivity contribution in [3.8, 4) is 0 Å². The zero-order chi connectivity index (χ0) is 47.2. The highest BCUT2D eigenvalue weighted by Gasteiger charge is 2.19. The minimum Gasteiger partial charge on any atom is -0.462 e.